The number of rotatable bonds is 10. The third-order valence-electron chi connectivity index (χ3n) is 5.54. The molecule has 2 aliphatic rings. The summed E-state index contributed by atoms with van der Waals surface area (Å²) in [6.45, 7) is 5.45. The minimum atomic E-state index is 0. The molecule has 0 amide bonds. The highest BCUT2D eigenvalue weighted by molar-refractivity contribution is 5.85. The van der Waals surface area contributed by atoms with Crippen LogP contribution in [0.3, 0.4) is 0 Å². The number of hydrogen-bond acceptors (Lipinski definition) is 4. The molecule has 0 radical (unpaired) electrons. The van der Waals surface area contributed by atoms with E-state index in [2.05, 4.69) is 23.8 Å². The quantitative estimate of drug-likeness (QED) is 0.386. The van der Waals surface area contributed by atoms with E-state index in [1.54, 1.807) is 0 Å². The van der Waals surface area contributed by atoms with Gasteiger partial charge < -0.3 is 11.5 Å². The van der Waals surface area contributed by atoms with Gasteiger partial charge in [0.25, 0.3) is 0 Å². The summed E-state index contributed by atoms with van der Waals surface area (Å²) < 4.78 is 0. The summed E-state index contributed by atoms with van der Waals surface area (Å²) in [6, 6.07) is 0.547. The number of halogens is 2. The van der Waals surface area contributed by atoms with Gasteiger partial charge in [-0.25, -0.2) is 0 Å². The molecule has 4 N–H and O–H groups in total. The van der Waals surface area contributed by atoms with Gasteiger partial charge in [0, 0.05) is 18.9 Å². The van der Waals surface area contributed by atoms with Crippen molar-refractivity contribution in [1.82, 2.24) is 0 Å². The van der Waals surface area contributed by atoms with Crippen LogP contribution in [0.4, 0.5) is 0 Å². The first-order chi connectivity index (χ1) is 12.7. The van der Waals surface area contributed by atoms with Gasteiger partial charge in [-0.05, 0) is 38.5 Å². The van der Waals surface area contributed by atoms with Crippen LogP contribution in [0.2, 0.25) is 0 Å². The molecule has 2 aliphatic heterocycles. The second kappa shape index (κ2) is 19.8. The Bertz CT molecular complexity index is 413. The Morgan fingerprint density at radius 1 is 0.821 bits per heavy atom. The highest BCUT2D eigenvalue weighted by atomic mass is 35.5. The maximum Gasteiger partial charge on any atom is 0.0968 e. The van der Waals surface area contributed by atoms with Crippen LogP contribution in [-0.4, -0.2) is 24.3 Å². The minimum Gasteiger partial charge on any atom is -0.387 e. The highest BCUT2D eigenvalue weighted by Crippen LogP contribution is 2.20. The summed E-state index contributed by atoms with van der Waals surface area (Å²) in [4.78, 5) is 8.78. The van der Waals surface area contributed by atoms with Crippen LogP contribution in [0.15, 0.2) is 9.98 Å². The molecule has 2 heterocycles. The van der Waals surface area contributed by atoms with Gasteiger partial charge in [-0.2, -0.15) is 0 Å². The van der Waals surface area contributed by atoms with Crippen molar-refractivity contribution in [2.75, 3.05) is 6.54 Å². The van der Waals surface area contributed by atoms with E-state index < -0.39 is 0 Å². The van der Waals surface area contributed by atoms with Crippen molar-refractivity contribution in [2.45, 2.75) is 116 Å². The van der Waals surface area contributed by atoms with Gasteiger partial charge in [0.1, 0.15) is 0 Å². The van der Waals surface area contributed by atoms with E-state index in [4.69, 9.17) is 11.5 Å². The Kier molecular flexibility index (Phi) is 21.0. The van der Waals surface area contributed by atoms with Crippen molar-refractivity contribution in [3.63, 3.8) is 0 Å². The number of unbranched alkanes of at least 4 members (excludes halogenated alkanes) is 6. The lowest BCUT2D eigenvalue weighted by Gasteiger charge is -2.19. The van der Waals surface area contributed by atoms with E-state index in [0.717, 1.165) is 24.6 Å². The Balaban J connectivity index is 0. The van der Waals surface area contributed by atoms with Gasteiger partial charge in [-0.1, -0.05) is 65.2 Å². The number of hydrogen-bond donors (Lipinski definition) is 2. The third kappa shape index (κ3) is 14.5. The van der Waals surface area contributed by atoms with Crippen LogP contribution in [0, 0.1) is 5.92 Å². The first-order valence-corrected chi connectivity index (χ1v) is 11.3. The van der Waals surface area contributed by atoms with Gasteiger partial charge in [-0.3, -0.25) is 9.98 Å². The fourth-order valence-corrected chi connectivity index (χ4v) is 3.83. The highest BCUT2D eigenvalue weighted by Gasteiger charge is 2.15. The molecule has 0 saturated heterocycles. The molecule has 4 nitrogen and oxygen atoms in total. The molecule has 0 aromatic heterocycles. The van der Waals surface area contributed by atoms with Crippen molar-refractivity contribution in [1.29, 1.82) is 0 Å². The average Bonchev–Trinajstić information content (AvgIpc) is 2.64. The average molecular weight is 438 g/mol. The second-order valence-corrected chi connectivity index (χ2v) is 8.01. The van der Waals surface area contributed by atoms with E-state index in [1.807, 2.05) is 0 Å². The molecule has 0 spiro atoms. The zero-order chi connectivity index (χ0) is 19.0. The standard InChI is InChI=1S/2C11H22N2.2ClH/c1-2-3-4-5-7-10-8-6-9-13-11(10)12;1-2-3-4-5-7-10-8-6-9-11(12)13-10;;/h2*10H,2-9H2,1H3,(H2,12,13);2*1H. The fraction of sp³-hybridized carbons (Fsp3) is 0.909. The predicted octanol–water partition coefficient (Wildman–Crippen LogP) is 6.43. The molecular formula is C22H46Cl2N4. The van der Waals surface area contributed by atoms with Crippen LogP contribution < -0.4 is 11.5 Å². The van der Waals surface area contributed by atoms with E-state index in [1.165, 1.54) is 89.9 Å². The van der Waals surface area contributed by atoms with E-state index in [9.17, 15) is 0 Å². The van der Waals surface area contributed by atoms with Gasteiger partial charge >= 0.3 is 0 Å². The van der Waals surface area contributed by atoms with Crippen LogP contribution in [-0.2, 0) is 0 Å². The Morgan fingerprint density at radius 2 is 1.46 bits per heavy atom. The number of nitrogens with two attached hydrogens (primary N) is 2. The summed E-state index contributed by atoms with van der Waals surface area (Å²) >= 11 is 0. The van der Waals surface area contributed by atoms with E-state index >= 15 is 0 Å². The molecule has 2 unspecified atom stereocenters. The molecule has 0 fully saturated rings. The minimum absolute atomic E-state index is 0. The zero-order valence-corrected chi connectivity index (χ0v) is 20.0. The third-order valence-corrected chi connectivity index (χ3v) is 5.54. The molecular weight excluding hydrogens is 391 g/mol. The molecule has 0 saturated carbocycles. The molecule has 2 atom stereocenters. The Morgan fingerprint density at radius 3 is 2.04 bits per heavy atom. The maximum atomic E-state index is 5.84. The molecule has 6 heteroatoms. The number of amidine groups is 2. The van der Waals surface area contributed by atoms with Crippen LogP contribution >= 0.6 is 24.8 Å². The Hall–Kier alpha value is -0.480. The summed E-state index contributed by atoms with van der Waals surface area (Å²) in [5.74, 6) is 2.40. The smallest absolute Gasteiger partial charge is 0.0968 e. The van der Waals surface area contributed by atoms with Crippen molar-refractivity contribution in [2.24, 2.45) is 27.4 Å². The molecule has 28 heavy (non-hydrogen) atoms. The van der Waals surface area contributed by atoms with E-state index in [-0.39, 0.29) is 24.8 Å². The van der Waals surface area contributed by atoms with Crippen molar-refractivity contribution < 1.29 is 0 Å². The maximum absolute atomic E-state index is 5.84. The molecule has 0 aromatic carbocycles. The zero-order valence-electron chi connectivity index (χ0n) is 18.3. The topological polar surface area (TPSA) is 76.8 Å². The fourth-order valence-electron chi connectivity index (χ4n) is 3.83. The first-order valence-electron chi connectivity index (χ1n) is 11.3. The van der Waals surface area contributed by atoms with Crippen LogP contribution in [0.25, 0.3) is 0 Å². The predicted molar refractivity (Wildman–Crippen MR) is 130 cm³/mol. The van der Waals surface area contributed by atoms with Gasteiger partial charge in [0.05, 0.1) is 17.7 Å². The van der Waals surface area contributed by atoms with Crippen LogP contribution in [0.1, 0.15) is 110 Å². The Labute approximate surface area is 186 Å². The normalized spacial score (nSPS) is 21.2. The molecule has 168 valence electrons. The van der Waals surface area contributed by atoms with E-state index in [0.29, 0.717) is 12.0 Å². The summed E-state index contributed by atoms with van der Waals surface area (Å²) in [5, 5.41) is 0. The molecule has 0 aliphatic carbocycles. The molecule has 0 bridgehead atoms. The molecule has 0 aromatic rings. The molecule has 2 rings (SSSR count). The SMILES string of the molecule is CCCCCCC1CCCC(N)=N1.CCCCCCC1CCCN=C1N.Cl.Cl. The summed E-state index contributed by atoms with van der Waals surface area (Å²) in [6.07, 6.45) is 19.3. The monoisotopic (exact) mass is 436 g/mol. The number of nitrogens with zero attached hydrogens (tertiary/aromatic N) is 2. The van der Waals surface area contributed by atoms with Gasteiger partial charge in [0.2, 0.25) is 0 Å². The van der Waals surface area contributed by atoms with Gasteiger partial charge in [-0.15, -0.1) is 24.8 Å². The van der Waals surface area contributed by atoms with Crippen molar-refractivity contribution >= 4 is 36.5 Å². The summed E-state index contributed by atoms with van der Waals surface area (Å²) in [7, 11) is 0. The lowest BCUT2D eigenvalue weighted by Crippen LogP contribution is -2.27. The first kappa shape index (κ1) is 29.7. The summed E-state index contributed by atoms with van der Waals surface area (Å²) in [5.41, 5.74) is 11.5. The van der Waals surface area contributed by atoms with Crippen molar-refractivity contribution in [3.05, 3.63) is 0 Å². The second-order valence-electron chi connectivity index (χ2n) is 8.01. The lowest BCUT2D eigenvalue weighted by atomic mass is 9.93. The van der Waals surface area contributed by atoms with Gasteiger partial charge in [0.15, 0.2) is 0 Å². The lowest BCUT2D eigenvalue weighted by molar-refractivity contribution is 0.492. The van der Waals surface area contributed by atoms with Crippen molar-refractivity contribution in [3.8, 4) is 0 Å². The largest absolute Gasteiger partial charge is 0.387 e. The number of aliphatic imine (C=N–C) groups is 2. The van der Waals surface area contributed by atoms with Crippen LogP contribution in [0.5, 0.6) is 0 Å².